The quantitative estimate of drug-likeness (QED) is 0.787. The number of benzene rings is 2. The summed E-state index contributed by atoms with van der Waals surface area (Å²) in [5.41, 5.74) is 9.82. The molecule has 0 bridgehead atoms. The highest BCUT2D eigenvalue weighted by molar-refractivity contribution is 5.82. The second-order valence-corrected chi connectivity index (χ2v) is 6.86. The molecule has 0 radical (unpaired) electrons. The number of halogens is 1. The Morgan fingerprint density at radius 2 is 2.04 bits per heavy atom. The zero-order chi connectivity index (χ0) is 18.1. The lowest BCUT2D eigenvalue weighted by molar-refractivity contribution is -0.124. The molecule has 4 rings (SSSR count). The van der Waals surface area contributed by atoms with Crippen LogP contribution in [-0.4, -0.2) is 19.1 Å². The van der Waals surface area contributed by atoms with Crippen LogP contribution in [-0.2, 0) is 17.8 Å². The van der Waals surface area contributed by atoms with E-state index < -0.39 is 0 Å². The highest BCUT2D eigenvalue weighted by Gasteiger charge is 2.43. The molecule has 2 aromatic rings. The third-order valence-electron chi connectivity index (χ3n) is 5.35. The fraction of sp³-hybridized carbons (Fsp3) is 0.350. The predicted octanol–water partition coefficient (Wildman–Crippen LogP) is 2.23. The van der Waals surface area contributed by atoms with Crippen molar-refractivity contribution in [3.8, 4) is 5.75 Å². The van der Waals surface area contributed by atoms with Crippen molar-refractivity contribution >= 4 is 5.91 Å². The number of methoxy groups -OCH3 is 1. The molecule has 3 unspecified atom stereocenters. The number of amides is 1. The molecule has 2 aromatic carbocycles. The summed E-state index contributed by atoms with van der Waals surface area (Å²) >= 11 is 0. The number of carbonyl (C=O) groups excluding carboxylic acids is 1. The van der Waals surface area contributed by atoms with Gasteiger partial charge in [-0.25, -0.2) is 15.2 Å². The van der Waals surface area contributed by atoms with Crippen LogP contribution in [0.25, 0.3) is 0 Å². The van der Waals surface area contributed by atoms with E-state index in [-0.39, 0.29) is 29.7 Å². The SMILES string of the molecule is COc1ccc2c(c1)CCC1C(C(=O)NCc3ccc(F)cc3)NNC21. The summed E-state index contributed by atoms with van der Waals surface area (Å²) in [6, 6.07) is 12.1. The monoisotopic (exact) mass is 355 g/mol. The standard InChI is InChI=1S/C20H22FN3O2/c1-26-15-7-9-16-13(10-15)4-8-17-18(16)23-24-19(17)20(25)22-11-12-2-5-14(21)6-3-12/h2-3,5-7,9-10,17-19,23-24H,4,8,11H2,1H3,(H,22,25). The van der Waals surface area contributed by atoms with E-state index in [4.69, 9.17) is 4.74 Å². The van der Waals surface area contributed by atoms with Gasteiger partial charge in [-0.1, -0.05) is 18.2 Å². The normalized spacial score (nSPS) is 23.8. The van der Waals surface area contributed by atoms with Gasteiger partial charge in [0.25, 0.3) is 0 Å². The minimum atomic E-state index is -0.282. The molecule has 1 amide bonds. The van der Waals surface area contributed by atoms with Gasteiger partial charge in [0.1, 0.15) is 17.6 Å². The largest absolute Gasteiger partial charge is 0.497 e. The van der Waals surface area contributed by atoms with Crippen molar-refractivity contribution in [1.82, 2.24) is 16.2 Å². The number of aryl methyl sites for hydroxylation is 1. The number of rotatable bonds is 4. The first-order valence-electron chi connectivity index (χ1n) is 8.86. The van der Waals surface area contributed by atoms with E-state index in [0.29, 0.717) is 6.54 Å². The first kappa shape index (κ1) is 17.0. The van der Waals surface area contributed by atoms with Crippen molar-refractivity contribution in [3.63, 3.8) is 0 Å². The van der Waals surface area contributed by atoms with Crippen molar-refractivity contribution in [2.24, 2.45) is 5.92 Å². The molecule has 3 atom stereocenters. The van der Waals surface area contributed by atoms with Crippen LogP contribution in [0.4, 0.5) is 4.39 Å². The first-order chi connectivity index (χ1) is 12.7. The summed E-state index contributed by atoms with van der Waals surface area (Å²) in [6.45, 7) is 0.391. The Morgan fingerprint density at radius 3 is 2.81 bits per heavy atom. The van der Waals surface area contributed by atoms with Gasteiger partial charge in [-0.3, -0.25) is 4.79 Å². The molecule has 1 aliphatic heterocycles. The van der Waals surface area contributed by atoms with E-state index >= 15 is 0 Å². The van der Waals surface area contributed by atoms with E-state index in [0.717, 1.165) is 24.2 Å². The van der Waals surface area contributed by atoms with E-state index in [1.54, 1.807) is 19.2 Å². The van der Waals surface area contributed by atoms with Gasteiger partial charge in [0.05, 0.1) is 13.2 Å². The summed E-state index contributed by atoms with van der Waals surface area (Å²) < 4.78 is 18.3. The second kappa shape index (κ2) is 7.05. The van der Waals surface area contributed by atoms with Crippen LogP contribution in [0.2, 0.25) is 0 Å². The van der Waals surface area contributed by atoms with E-state index in [1.165, 1.54) is 23.3 Å². The number of hydrazine groups is 1. The number of fused-ring (bicyclic) bond motifs is 3. The van der Waals surface area contributed by atoms with E-state index in [2.05, 4.69) is 28.3 Å². The molecule has 0 aromatic heterocycles. The van der Waals surface area contributed by atoms with E-state index in [1.807, 2.05) is 6.07 Å². The molecule has 1 fully saturated rings. The third kappa shape index (κ3) is 3.18. The summed E-state index contributed by atoms with van der Waals surface area (Å²) in [5.74, 6) is 0.749. The van der Waals surface area contributed by atoms with Crippen LogP contribution < -0.4 is 20.9 Å². The average Bonchev–Trinajstić information content (AvgIpc) is 3.11. The molecule has 2 aliphatic rings. The highest BCUT2D eigenvalue weighted by Crippen LogP contribution is 2.40. The van der Waals surface area contributed by atoms with Crippen LogP contribution >= 0.6 is 0 Å². The smallest absolute Gasteiger partial charge is 0.239 e. The fourth-order valence-corrected chi connectivity index (χ4v) is 3.94. The minimum absolute atomic E-state index is 0.0358. The molecule has 0 spiro atoms. The number of hydrogen-bond donors (Lipinski definition) is 3. The molecular weight excluding hydrogens is 333 g/mol. The van der Waals surface area contributed by atoms with Crippen molar-refractivity contribution in [3.05, 3.63) is 65.0 Å². The minimum Gasteiger partial charge on any atom is -0.497 e. The van der Waals surface area contributed by atoms with Gasteiger partial charge in [-0.05, 0) is 53.8 Å². The van der Waals surface area contributed by atoms with Crippen LogP contribution in [0.3, 0.4) is 0 Å². The zero-order valence-electron chi connectivity index (χ0n) is 14.6. The van der Waals surface area contributed by atoms with Crippen LogP contribution in [0.15, 0.2) is 42.5 Å². The predicted molar refractivity (Wildman–Crippen MR) is 95.9 cm³/mol. The lowest BCUT2D eigenvalue weighted by Crippen LogP contribution is -2.45. The molecule has 1 heterocycles. The van der Waals surface area contributed by atoms with Gasteiger partial charge in [0.2, 0.25) is 5.91 Å². The van der Waals surface area contributed by atoms with Crippen LogP contribution in [0.5, 0.6) is 5.75 Å². The molecule has 0 saturated carbocycles. The number of carbonyl (C=O) groups is 1. The average molecular weight is 355 g/mol. The van der Waals surface area contributed by atoms with Crippen molar-refractivity contribution < 1.29 is 13.9 Å². The van der Waals surface area contributed by atoms with Gasteiger partial charge < -0.3 is 10.1 Å². The summed E-state index contributed by atoms with van der Waals surface area (Å²) in [5, 5.41) is 2.95. The lowest BCUT2D eigenvalue weighted by atomic mass is 9.77. The Balaban J connectivity index is 1.43. The lowest BCUT2D eigenvalue weighted by Gasteiger charge is -2.29. The third-order valence-corrected chi connectivity index (χ3v) is 5.35. The maximum atomic E-state index is 13.0. The summed E-state index contributed by atoms with van der Waals surface area (Å²) in [7, 11) is 1.67. The highest BCUT2D eigenvalue weighted by atomic mass is 19.1. The number of ether oxygens (including phenoxy) is 1. The second-order valence-electron chi connectivity index (χ2n) is 6.86. The molecular formula is C20H22FN3O2. The van der Waals surface area contributed by atoms with Gasteiger partial charge >= 0.3 is 0 Å². The number of nitrogens with one attached hydrogen (secondary N) is 3. The molecule has 26 heavy (non-hydrogen) atoms. The Hall–Kier alpha value is -2.44. The molecule has 6 heteroatoms. The zero-order valence-corrected chi connectivity index (χ0v) is 14.6. The summed E-state index contributed by atoms with van der Waals surface area (Å²) in [4.78, 5) is 12.6. The maximum Gasteiger partial charge on any atom is 0.239 e. The Morgan fingerprint density at radius 1 is 1.23 bits per heavy atom. The van der Waals surface area contributed by atoms with Gasteiger partial charge in [-0.2, -0.15) is 0 Å². The topological polar surface area (TPSA) is 62.4 Å². The van der Waals surface area contributed by atoms with E-state index in [9.17, 15) is 9.18 Å². The maximum absolute atomic E-state index is 13.0. The van der Waals surface area contributed by atoms with Gasteiger partial charge in [0, 0.05) is 12.5 Å². The van der Waals surface area contributed by atoms with Gasteiger partial charge in [-0.15, -0.1) is 0 Å². The number of hydrogen-bond acceptors (Lipinski definition) is 4. The summed E-state index contributed by atoms with van der Waals surface area (Å²) in [6.07, 6.45) is 1.86. The van der Waals surface area contributed by atoms with Crippen molar-refractivity contribution in [1.29, 1.82) is 0 Å². The molecule has 5 nitrogen and oxygen atoms in total. The fourth-order valence-electron chi connectivity index (χ4n) is 3.94. The Bertz CT molecular complexity index is 809. The van der Waals surface area contributed by atoms with Crippen molar-refractivity contribution in [2.75, 3.05) is 7.11 Å². The molecule has 1 aliphatic carbocycles. The molecule has 136 valence electrons. The van der Waals surface area contributed by atoms with Crippen molar-refractivity contribution in [2.45, 2.75) is 31.5 Å². The Labute approximate surface area is 151 Å². The molecule has 3 N–H and O–H groups in total. The van der Waals surface area contributed by atoms with Crippen LogP contribution in [0, 0.1) is 11.7 Å². The van der Waals surface area contributed by atoms with Crippen LogP contribution in [0.1, 0.15) is 29.2 Å². The molecule has 1 saturated heterocycles. The van der Waals surface area contributed by atoms with Gasteiger partial charge in [0.15, 0.2) is 0 Å². The Kier molecular flexibility index (Phi) is 4.61. The first-order valence-corrected chi connectivity index (χ1v) is 8.86.